The van der Waals surface area contributed by atoms with E-state index in [1.807, 2.05) is 24.3 Å². The van der Waals surface area contributed by atoms with Crippen LogP contribution < -0.4 is 10.5 Å². The van der Waals surface area contributed by atoms with Crippen LogP contribution in [0, 0.1) is 20.8 Å². The van der Waals surface area contributed by atoms with Crippen LogP contribution in [0.2, 0.25) is 0 Å². The second-order valence-electron chi connectivity index (χ2n) is 6.62. The number of aromatic amines is 1. The van der Waals surface area contributed by atoms with Crippen LogP contribution in [-0.2, 0) is 0 Å². The number of nitrogens with one attached hydrogen (secondary N) is 1. The number of hydrogen-bond donors (Lipinski definition) is 2. The SMILES string of the molecule is COc1ccc2[nH]c3c(C)c(-c4ccccc4N)c(C)c(C)c3c2c1. The van der Waals surface area contributed by atoms with Crippen molar-refractivity contribution in [3.8, 4) is 16.9 Å². The summed E-state index contributed by atoms with van der Waals surface area (Å²) >= 11 is 0. The number of ether oxygens (including phenoxy) is 1. The number of benzene rings is 3. The zero-order valence-corrected chi connectivity index (χ0v) is 15.0. The average molecular weight is 330 g/mol. The second-order valence-corrected chi connectivity index (χ2v) is 6.62. The minimum atomic E-state index is 0.810. The minimum Gasteiger partial charge on any atom is -0.497 e. The van der Waals surface area contributed by atoms with Crippen molar-refractivity contribution in [2.75, 3.05) is 12.8 Å². The Balaban J connectivity index is 2.15. The van der Waals surface area contributed by atoms with Crippen molar-refractivity contribution in [3.63, 3.8) is 0 Å². The van der Waals surface area contributed by atoms with Gasteiger partial charge in [0, 0.05) is 27.5 Å². The number of hydrogen-bond acceptors (Lipinski definition) is 2. The van der Waals surface area contributed by atoms with E-state index in [0.29, 0.717) is 0 Å². The molecule has 3 aromatic carbocycles. The highest BCUT2D eigenvalue weighted by atomic mass is 16.5. The highest BCUT2D eigenvalue weighted by Crippen LogP contribution is 2.41. The summed E-state index contributed by atoms with van der Waals surface area (Å²) in [5.41, 5.74) is 15.5. The van der Waals surface area contributed by atoms with Crippen LogP contribution in [0.25, 0.3) is 32.9 Å². The number of nitrogen functional groups attached to an aromatic ring is 1. The number of para-hydroxylation sites is 1. The minimum absolute atomic E-state index is 0.810. The van der Waals surface area contributed by atoms with Crippen LogP contribution in [-0.4, -0.2) is 12.1 Å². The molecule has 3 N–H and O–H groups in total. The third-order valence-corrected chi connectivity index (χ3v) is 5.30. The molecule has 4 rings (SSSR count). The molecule has 0 bridgehead atoms. The molecule has 0 aliphatic heterocycles. The van der Waals surface area contributed by atoms with Crippen LogP contribution in [0.15, 0.2) is 42.5 Å². The van der Waals surface area contributed by atoms with Gasteiger partial charge in [-0.2, -0.15) is 0 Å². The number of methoxy groups -OCH3 is 1. The fourth-order valence-corrected chi connectivity index (χ4v) is 3.88. The fraction of sp³-hybridized carbons (Fsp3) is 0.182. The van der Waals surface area contributed by atoms with Crippen LogP contribution in [0.3, 0.4) is 0 Å². The summed E-state index contributed by atoms with van der Waals surface area (Å²) in [6.45, 7) is 6.54. The van der Waals surface area contributed by atoms with E-state index in [-0.39, 0.29) is 0 Å². The first-order chi connectivity index (χ1) is 12.0. The van der Waals surface area contributed by atoms with Crippen LogP contribution in [0.4, 0.5) is 5.69 Å². The van der Waals surface area contributed by atoms with Gasteiger partial charge in [-0.25, -0.2) is 0 Å². The molecule has 0 amide bonds. The van der Waals surface area contributed by atoms with Gasteiger partial charge >= 0.3 is 0 Å². The molecule has 126 valence electrons. The van der Waals surface area contributed by atoms with Crippen LogP contribution in [0.5, 0.6) is 5.75 Å². The molecule has 0 radical (unpaired) electrons. The quantitative estimate of drug-likeness (QED) is 0.477. The van der Waals surface area contributed by atoms with Gasteiger partial charge in [0.2, 0.25) is 0 Å². The largest absolute Gasteiger partial charge is 0.497 e. The Morgan fingerprint density at radius 3 is 2.40 bits per heavy atom. The number of H-pyrrole nitrogens is 1. The van der Waals surface area contributed by atoms with E-state index in [2.05, 4.69) is 44.0 Å². The summed E-state index contributed by atoms with van der Waals surface area (Å²) in [4.78, 5) is 3.60. The van der Waals surface area contributed by atoms with Gasteiger partial charge in [-0.15, -0.1) is 0 Å². The summed E-state index contributed by atoms with van der Waals surface area (Å²) in [7, 11) is 1.70. The monoisotopic (exact) mass is 330 g/mol. The predicted molar refractivity (Wildman–Crippen MR) is 106 cm³/mol. The van der Waals surface area contributed by atoms with Crippen molar-refractivity contribution in [2.45, 2.75) is 20.8 Å². The van der Waals surface area contributed by atoms with Crippen molar-refractivity contribution in [1.82, 2.24) is 4.98 Å². The van der Waals surface area contributed by atoms with Crippen molar-refractivity contribution >= 4 is 27.5 Å². The van der Waals surface area contributed by atoms with Gasteiger partial charge in [0.15, 0.2) is 0 Å². The Morgan fingerprint density at radius 2 is 1.68 bits per heavy atom. The summed E-state index contributed by atoms with van der Waals surface area (Å²) in [5.74, 6) is 0.875. The lowest BCUT2D eigenvalue weighted by atomic mass is 9.88. The first-order valence-corrected chi connectivity index (χ1v) is 8.47. The maximum Gasteiger partial charge on any atom is 0.119 e. The first kappa shape index (κ1) is 15.6. The summed E-state index contributed by atoms with van der Waals surface area (Å²) in [5, 5.41) is 2.47. The maximum atomic E-state index is 6.27. The highest BCUT2D eigenvalue weighted by molar-refractivity contribution is 6.12. The van der Waals surface area contributed by atoms with Gasteiger partial charge < -0.3 is 15.5 Å². The number of aromatic nitrogens is 1. The van der Waals surface area contributed by atoms with Gasteiger partial charge in [0.25, 0.3) is 0 Å². The number of nitrogens with two attached hydrogens (primary N) is 1. The Kier molecular flexibility index (Phi) is 3.46. The van der Waals surface area contributed by atoms with E-state index in [0.717, 1.165) is 22.5 Å². The predicted octanol–water partition coefficient (Wildman–Crippen LogP) is 5.50. The zero-order valence-electron chi connectivity index (χ0n) is 15.0. The Labute approximate surface area is 147 Å². The summed E-state index contributed by atoms with van der Waals surface area (Å²) < 4.78 is 5.42. The van der Waals surface area contributed by atoms with Crippen molar-refractivity contribution in [1.29, 1.82) is 0 Å². The second kappa shape index (κ2) is 5.55. The molecule has 0 spiro atoms. The van der Waals surface area contributed by atoms with Crippen molar-refractivity contribution < 1.29 is 4.74 Å². The number of anilines is 1. The lowest BCUT2D eigenvalue weighted by Crippen LogP contribution is -1.97. The Hall–Kier alpha value is -2.94. The van der Waals surface area contributed by atoms with E-state index in [1.165, 1.54) is 38.5 Å². The topological polar surface area (TPSA) is 51.0 Å². The third kappa shape index (κ3) is 2.19. The van der Waals surface area contributed by atoms with Crippen LogP contribution in [0.1, 0.15) is 16.7 Å². The molecule has 25 heavy (non-hydrogen) atoms. The van der Waals surface area contributed by atoms with Crippen molar-refractivity contribution in [3.05, 3.63) is 59.2 Å². The van der Waals surface area contributed by atoms with Gasteiger partial charge in [-0.3, -0.25) is 0 Å². The summed E-state index contributed by atoms with van der Waals surface area (Å²) in [6.07, 6.45) is 0. The molecule has 1 aromatic heterocycles. The van der Waals surface area contributed by atoms with Gasteiger partial charge in [-0.1, -0.05) is 18.2 Å². The Bertz CT molecular complexity index is 1120. The molecule has 4 aromatic rings. The maximum absolute atomic E-state index is 6.27. The molecular formula is C22H22N2O. The Morgan fingerprint density at radius 1 is 0.920 bits per heavy atom. The molecule has 3 heteroatoms. The molecule has 3 nitrogen and oxygen atoms in total. The smallest absolute Gasteiger partial charge is 0.119 e. The van der Waals surface area contributed by atoms with Crippen molar-refractivity contribution in [2.24, 2.45) is 0 Å². The zero-order chi connectivity index (χ0) is 17.7. The lowest BCUT2D eigenvalue weighted by Gasteiger charge is -2.16. The summed E-state index contributed by atoms with van der Waals surface area (Å²) in [6, 6.07) is 14.3. The standard InChI is InChI=1S/C22H22N2O/c1-12-13(2)21-17-11-15(25-4)9-10-19(17)24-22(21)14(3)20(12)16-7-5-6-8-18(16)23/h5-11,24H,23H2,1-4H3. The first-order valence-electron chi connectivity index (χ1n) is 8.47. The molecule has 0 unspecified atom stereocenters. The average Bonchev–Trinajstić information content (AvgIpc) is 3.00. The molecule has 0 fully saturated rings. The van der Waals surface area contributed by atoms with E-state index < -0.39 is 0 Å². The lowest BCUT2D eigenvalue weighted by molar-refractivity contribution is 0.415. The molecule has 1 heterocycles. The molecule has 0 saturated heterocycles. The van der Waals surface area contributed by atoms with Crippen LogP contribution >= 0.6 is 0 Å². The number of rotatable bonds is 2. The molecule has 0 aliphatic rings. The van der Waals surface area contributed by atoms with E-state index in [9.17, 15) is 0 Å². The normalized spacial score (nSPS) is 11.4. The van der Waals surface area contributed by atoms with E-state index in [1.54, 1.807) is 7.11 Å². The highest BCUT2D eigenvalue weighted by Gasteiger charge is 2.18. The van der Waals surface area contributed by atoms with E-state index in [4.69, 9.17) is 10.5 Å². The number of fused-ring (bicyclic) bond motifs is 3. The fourth-order valence-electron chi connectivity index (χ4n) is 3.88. The molecular weight excluding hydrogens is 308 g/mol. The number of aryl methyl sites for hydroxylation is 2. The van der Waals surface area contributed by atoms with Gasteiger partial charge in [0.05, 0.1) is 12.6 Å². The molecule has 0 atom stereocenters. The molecule has 0 aliphatic carbocycles. The molecule has 0 saturated carbocycles. The van der Waals surface area contributed by atoms with Gasteiger partial charge in [0.1, 0.15) is 5.75 Å². The van der Waals surface area contributed by atoms with Gasteiger partial charge in [-0.05, 0) is 67.3 Å². The van der Waals surface area contributed by atoms with E-state index >= 15 is 0 Å². The third-order valence-electron chi connectivity index (χ3n) is 5.30.